The van der Waals surface area contributed by atoms with E-state index in [0.717, 1.165) is 5.92 Å². The first-order valence-corrected chi connectivity index (χ1v) is 5.29. The van der Waals surface area contributed by atoms with Crippen LogP contribution >= 0.6 is 11.3 Å². The monoisotopic (exact) mass is 168 g/mol. The summed E-state index contributed by atoms with van der Waals surface area (Å²) in [6, 6.07) is 2.32. The molecular formula is C10H16S. The molecule has 1 heterocycles. The summed E-state index contributed by atoms with van der Waals surface area (Å²) in [7, 11) is 0. The first kappa shape index (κ1) is 8.79. The van der Waals surface area contributed by atoms with E-state index in [1.165, 1.54) is 17.7 Å². The molecule has 1 heteroatoms. The van der Waals surface area contributed by atoms with Gasteiger partial charge in [0.05, 0.1) is 0 Å². The Morgan fingerprint density at radius 1 is 1.36 bits per heavy atom. The van der Waals surface area contributed by atoms with Crippen molar-refractivity contribution in [1.82, 2.24) is 0 Å². The SMILES string of the molecule is CC.Cc1cc(C2CC2)cs1. The predicted octanol–water partition coefficient (Wildman–Crippen LogP) is 3.96. The van der Waals surface area contributed by atoms with Gasteiger partial charge < -0.3 is 0 Å². The molecule has 1 aromatic heterocycles. The standard InChI is InChI=1S/C8H10S.C2H6/c1-6-4-8(5-9-6)7-2-3-7;1-2/h4-5,7H,2-3H2,1H3;1-2H3. The van der Waals surface area contributed by atoms with Crippen LogP contribution in [0.2, 0.25) is 0 Å². The van der Waals surface area contributed by atoms with E-state index in [9.17, 15) is 0 Å². The lowest BCUT2D eigenvalue weighted by atomic mass is 10.2. The van der Waals surface area contributed by atoms with Gasteiger partial charge >= 0.3 is 0 Å². The second-order valence-corrected chi connectivity index (χ2v) is 3.88. The largest absolute Gasteiger partial charge is 0.149 e. The maximum Gasteiger partial charge on any atom is 0.00171 e. The highest BCUT2D eigenvalue weighted by Crippen LogP contribution is 2.41. The zero-order valence-electron chi connectivity index (χ0n) is 7.55. The van der Waals surface area contributed by atoms with Crippen molar-refractivity contribution in [3.63, 3.8) is 0 Å². The van der Waals surface area contributed by atoms with Crippen LogP contribution in [0.25, 0.3) is 0 Å². The highest BCUT2D eigenvalue weighted by Gasteiger charge is 2.23. The second kappa shape index (κ2) is 3.91. The highest BCUT2D eigenvalue weighted by atomic mass is 32.1. The van der Waals surface area contributed by atoms with Crippen LogP contribution in [0.5, 0.6) is 0 Å². The molecule has 0 atom stereocenters. The first-order chi connectivity index (χ1) is 5.36. The summed E-state index contributed by atoms with van der Waals surface area (Å²) in [6.45, 7) is 6.18. The topological polar surface area (TPSA) is 0 Å². The second-order valence-electron chi connectivity index (χ2n) is 2.76. The van der Waals surface area contributed by atoms with E-state index < -0.39 is 0 Å². The Labute approximate surface area is 73.3 Å². The Hall–Kier alpha value is -0.300. The van der Waals surface area contributed by atoms with Gasteiger partial charge in [-0.1, -0.05) is 13.8 Å². The van der Waals surface area contributed by atoms with E-state index in [2.05, 4.69) is 18.4 Å². The highest BCUT2D eigenvalue weighted by molar-refractivity contribution is 7.10. The van der Waals surface area contributed by atoms with Crippen LogP contribution < -0.4 is 0 Å². The van der Waals surface area contributed by atoms with Crippen LogP contribution in [-0.2, 0) is 0 Å². The number of aryl methyl sites for hydroxylation is 1. The zero-order chi connectivity index (χ0) is 8.27. The molecule has 2 rings (SSSR count). The van der Waals surface area contributed by atoms with Gasteiger partial charge in [0.25, 0.3) is 0 Å². The summed E-state index contributed by atoms with van der Waals surface area (Å²) in [5.74, 6) is 0.940. The fourth-order valence-electron chi connectivity index (χ4n) is 1.09. The van der Waals surface area contributed by atoms with Crippen molar-refractivity contribution in [3.05, 3.63) is 21.9 Å². The Balaban J connectivity index is 0.000000281. The number of hydrogen-bond acceptors (Lipinski definition) is 1. The third-order valence-electron chi connectivity index (χ3n) is 1.80. The molecule has 1 fully saturated rings. The Bertz CT molecular complexity index is 208. The van der Waals surface area contributed by atoms with Crippen molar-refractivity contribution in [1.29, 1.82) is 0 Å². The molecule has 62 valence electrons. The van der Waals surface area contributed by atoms with E-state index in [1.807, 2.05) is 25.2 Å². The molecule has 0 unspecified atom stereocenters. The van der Waals surface area contributed by atoms with Crippen LogP contribution in [-0.4, -0.2) is 0 Å². The quantitative estimate of drug-likeness (QED) is 0.595. The van der Waals surface area contributed by atoms with Crippen LogP contribution in [0.15, 0.2) is 11.4 Å². The maximum atomic E-state index is 2.32. The molecule has 0 radical (unpaired) electrons. The summed E-state index contributed by atoms with van der Waals surface area (Å²) < 4.78 is 0. The summed E-state index contributed by atoms with van der Waals surface area (Å²) in [5, 5.41) is 2.30. The fraction of sp³-hybridized carbons (Fsp3) is 0.600. The third kappa shape index (κ3) is 2.33. The lowest BCUT2D eigenvalue weighted by Crippen LogP contribution is -1.67. The fourth-order valence-corrected chi connectivity index (χ4v) is 1.88. The smallest absolute Gasteiger partial charge is 0.00171 e. The summed E-state index contributed by atoms with van der Waals surface area (Å²) >= 11 is 1.87. The minimum Gasteiger partial charge on any atom is -0.149 e. The van der Waals surface area contributed by atoms with Gasteiger partial charge in [0, 0.05) is 4.88 Å². The Morgan fingerprint density at radius 3 is 2.36 bits per heavy atom. The number of hydrogen-bond donors (Lipinski definition) is 0. The Kier molecular flexibility index (Phi) is 3.13. The molecule has 1 aliphatic rings. The van der Waals surface area contributed by atoms with Gasteiger partial charge in [0.2, 0.25) is 0 Å². The maximum absolute atomic E-state index is 2.32. The molecule has 1 aliphatic carbocycles. The summed E-state index contributed by atoms with van der Waals surface area (Å²) in [5.41, 5.74) is 1.58. The summed E-state index contributed by atoms with van der Waals surface area (Å²) in [6.07, 6.45) is 2.85. The number of thiophene rings is 1. The minimum absolute atomic E-state index is 0.940. The van der Waals surface area contributed by atoms with E-state index in [1.54, 1.807) is 5.56 Å². The van der Waals surface area contributed by atoms with Crippen molar-refractivity contribution in [3.8, 4) is 0 Å². The van der Waals surface area contributed by atoms with Crippen molar-refractivity contribution in [2.45, 2.75) is 39.5 Å². The van der Waals surface area contributed by atoms with Crippen LogP contribution in [0.3, 0.4) is 0 Å². The van der Waals surface area contributed by atoms with Crippen LogP contribution in [0, 0.1) is 6.92 Å². The van der Waals surface area contributed by atoms with Crippen molar-refractivity contribution in [2.24, 2.45) is 0 Å². The van der Waals surface area contributed by atoms with Gasteiger partial charge in [-0.3, -0.25) is 0 Å². The lowest BCUT2D eigenvalue weighted by Gasteiger charge is -1.83. The van der Waals surface area contributed by atoms with Gasteiger partial charge in [0.15, 0.2) is 0 Å². The van der Waals surface area contributed by atoms with Crippen molar-refractivity contribution >= 4 is 11.3 Å². The molecular weight excluding hydrogens is 152 g/mol. The van der Waals surface area contributed by atoms with Crippen molar-refractivity contribution in [2.75, 3.05) is 0 Å². The van der Waals surface area contributed by atoms with E-state index in [0.29, 0.717) is 0 Å². The number of rotatable bonds is 1. The molecule has 0 aromatic carbocycles. The molecule has 0 amide bonds. The Morgan fingerprint density at radius 2 is 2.00 bits per heavy atom. The zero-order valence-corrected chi connectivity index (χ0v) is 8.37. The lowest BCUT2D eigenvalue weighted by molar-refractivity contribution is 1.14. The third-order valence-corrected chi connectivity index (χ3v) is 2.68. The molecule has 1 aromatic rings. The van der Waals surface area contributed by atoms with Gasteiger partial charge in [-0.15, -0.1) is 11.3 Å². The van der Waals surface area contributed by atoms with Crippen LogP contribution in [0.1, 0.15) is 43.0 Å². The molecule has 0 spiro atoms. The van der Waals surface area contributed by atoms with Crippen LogP contribution in [0.4, 0.5) is 0 Å². The van der Waals surface area contributed by atoms with Gasteiger partial charge in [0.1, 0.15) is 0 Å². The molecule has 0 N–H and O–H groups in total. The van der Waals surface area contributed by atoms with Gasteiger partial charge in [-0.25, -0.2) is 0 Å². The average molecular weight is 168 g/mol. The molecule has 0 bridgehead atoms. The molecule has 1 saturated carbocycles. The van der Waals surface area contributed by atoms with E-state index >= 15 is 0 Å². The molecule has 11 heavy (non-hydrogen) atoms. The molecule has 0 saturated heterocycles. The molecule has 0 aliphatic heterocycles. The minimum atomic E-state index is 0.940. The first-order valence-electron chi connectivity index (χ1n) is 4.41. The van der Waals surface area contributed by atoms with Crippen molar-refractivity contribution < 1.29 is 0 Å². The van der Waals surface area contributed by atoms with Gasteiger partial charge in [-0.05, 0) is 42.7 Å². The molecule has 0 nitrogen and oxygen atoms in total. The predicted molar refractivity (Wildman–Crippen MR) is 52.4 cm³/mol. The van der Waals surface area contributed by atoms with Gasteiger partial charge in [-0.2, -0.15) is 0 Å². The van der Waals surface area contributed by atoms with E-state index in [4.69, 9.17) is 0 Å². The average Bonchev–Trinajstić information content (AvgIpc) is 2.80. The summed E-state index contributed by atoms with van der Waals surface area (Å²) in [4.78, 5) is 1.46. The van der Waals surface area contributed by atoms with E-state index in [-0.39, 0.29) is 0 Å². The normalized spacial score (nSPS) is 15.5.